The molecule has 1 unspecified atom stereocenters. The van der Waals surface area contributed by atoms with Gasteiger partial charge in [0.05, 0.1) is 0 Å². The summed E-state index contributed by atoms with van der Waals surface area (Å²) in [5, 5.41) is 0. The molecule has 0 aliphatic heterocycles. The predicted octanol–water partition coefficient (Wildman–Crippen LogP) is 16.4. The zero-order valence-corrected chi connectivity index (χ0v) is 39.8. The first-order valence-corrected chi connectivity index (χ1v) is 25.6. The quantitative estimate of drug-likeness (QED) is 0.0346. The monoisotopic (exact) mass is 821 g/mol. The molecule has 344 valence electrons. The van der Waals surface area contributed by atoms with Gasteiger partial charge in [0.15, 0.2) is 6.10 Å². The molecule has 0 aliphatic rings. The maximum atomic E-state index is 12.7. The van der Waals surface area contributed by atoms with Crippen molar-refractivity contribution < 1.29 is 28.6 Å². The minimum Gasteiger partial charge on any atom is -0.462 e. The van der Waals surface area contributed by atoms with E-state index in [0.717, 1.165) is 75.5 Å². The average molecular weight is 821 g/mol. The van der Waals surface area contributed by atoms with Crippen molar-refractivity contribution in [1.29, 1.82) is 0 Å². The lowest BCUT2D eigenvalue weighted by molar-refractivity contribution is -0.167. The molecule has 0 N–H and O–H groups in total. The van der Waals surface area contributed by atoms with Gasteiger partial charge in [0, 0.05) is 19.3 Å². The molecule has 0 radical (unpaired) electrons. The van der Waals surface area contributed by atoms with Gasteiger partial charge in [-0.25, -0.2) is 0 Å². The summed E-state index contributed by atoms with van der Waals surface area (Å²) in [4.78, 5) is 37.9. The lowest BCUT2D eigenvalue weighted by Gasteiger charge is -2.18. The third-order valence-corrected chi connectivity index (χ3v) is 12.0. The normalized spacial score (nSPS) is 12.6. The van der Waals surface area contributed by atoms with Crippen LogP contribution in [0.1, 0.15) is 279 Å². The zero-order chi connectivity index (χ0) is 42.7. The minimum atomic E-state index is -0.763. The number of unbranched alkanes of at least 4 members (excludes halogenated alkanes) is 27. The van der Waals surface area contributed by atoms with Gasteiger partial charge in [-0.3, -0.25) is 14.4 Å². The fraction of sp³-hybridized carbons (Fsp3) is 0.942. The third-order valence-electron chi connectivity index (χ3n) is 12.0. The number of rotatable bonds is 45. The van der Waals surface area contributed by atoms with Crippen LogP contribution in [0.15, 0.2) is 0 Å². The van der Waals surface area contributed by atoms with Gasteiger partial charge in [-0.1, -0.05) is 241 Å². The Morgan fingerprint density at radius 3 is 0.897 bits per heavy atom. The van der Waals surface area contributed by atoms with E-state index >= 15 is 0 Å². The smallest absolute Gasteiger partial charge is 0.306 e. The molecule has 0 bridgehead atoms. The van der Waals surface area contributed by atoms with E-state index in [0.29, 0.717) is 19.3 Å². The van der Waals surface area contributed by atoms with Gasteiger partial charge in [0.25, 0.3) is 0 Å². The molecule has 0 saturated heterocycles. The molecule has 0 fully saturated rings. The molecular weight excluding hydrogens is 721 g/mol. The highest BCUT2D eigenvalue weighted by atomic mass is 16.6. The second-order valence-electron chi connectivity index (χ2n) is 19.0. The summed E-state index contributed by atoms with van der Waals surface area (Å²) in [6, 6.07) is 0. The number of carbonyl (C=O) groups is 3. The molecule has 58 heavy (non-hydrogen) atoms. The molecule has 6 heteroatoms. The first kappa shape index (κ1) is 56.4. The van der Waals surface area contributed by atoms with E-state index in [4.69, 9.17) is 14.2 Å². The summed E-state index contributed by atoms with van der Waals surface area (Å²) < 4.78 is 16.8. The van der Waals surface area contributed by atoms with Crippen LogP contribution >= 0.6 is 0 Å². The lowest BCUT2D eigenvalue weighted by atomic mass is 10.00. The Balaban J connectivity index is 4.29. The summed E-state index contributed by atoms with van der Waals surface area (Å²) in [7, 11) is 0. The standard InChI is InChI=1S/C52H100O6/c1-7-48(6)40-34-28-24-25-31-37-43-52(55)58-49(45-57-51(54)42-36-30-23-19-15-11-13-17-21-27-33-39-47(4)5)44-56-50(53)41-35-29-22-18-14-10-8-9-12-16-20-26-32-38-46(2)3/h46-49H,7-45H2,1-6H3/t48?,49-/m1/s1. The Labute approximate surface area is 361 Å². The van der Waals surface area contributed by atoms with Crippen molar-refractivity contribution in [3.63, 3.8) is 0 Å². The van der Waals surface area contributed by atoms with Gasteiger partial charge in [0.2, 0.25) is 0 Å². The summed E-state index contributed by atoms with van der Waals surface area (Å²) in [6.45, 7) is 13.7. The Morgan fingerprint density at radius 2 is 0.603 bits per heavy atom. The van der Waals surface area contributed by atoms with Gasteiger partial charge >= 0.3 is 17.9 Å². The highest BCUT2D eigenvalue weighted by Crippen LogP contribution is 2.18. The highest BCUT2D eigenvalue weighted by molar-refractivity contribution is 5.71. The van der Waals surface area contributed by atoms with Crippen molar-refractivity contribution in [2.45, 2.75) is 285 Å². The average Bonchev–Trinajstić information content (AvgIpc) is 3.19. The Kier molecular flexibility index (Phi) is 42.3. The third kappa shape index (κ3) is 44.0. The van der Waals surface area contributed by atoms with Gasteiger partial charge in [-0.15, -0.1) is 0 Å². The molecule has 0 amide bonds. The number of ether oxygens (including phenoxy) is 3. The SMILES string of the molecule is CCC(C)CCCCCCCCC(=O)O[C@H](COC(=O)CCCCCCCCCCCCCCCC(C)C)COC(=O)CCCCCCCCCCCCCC(C)C. The van der Waals surface area contributed by atoms with E-state index in [2.05, 4.69) is 41.5 Å². The topological polar surface area (TPSA) is 78.9 Å². The molecule has 0 saturated carbocycles. The minimum absolute atomic E-state index is 0.0655. The van der Waals surface area contributed by atoms with E-state index in [9.17, 15) is 14.4 Å². The van der Waals surface area contributed by atoms with Crippen LogP contribution in [0.3, 0.4) is 0 Å². The Morgan fingerprint density at radius 1 is 0.345 bits per heavy atom. The molecule has 0 spiro atoms. The first-order valence-electron chi connectivity index (χ1n) is 25.6. The summed E-state index contributed by atoms with van der Waals surface area (Å²) >= 11 is 0. The van der Waals surface area contributed by atoms with Crippen molar-refractivity contribution in [1.82, 2.24) is 0 Å². The largest absolute Gasteiger partial charge is 0.462 e. The number of esters is 3. The summed E-state index contributed by atoms with van der Waals surface area (Å²) in [5.41, 5.74) is 0. The van der Waals surface area contributed by atoms with Crippen molar-refractivity contribution in [2.75, 3.05) is 13.2 Å². The van der Waals surface area contributed by atoms with E-state index < -0.39 is 6.10 Å². The molecular formula is C52H100O6. The van der Waals surface area contributed by atoms with E-state index in [1.54, 1.807) is 0 Å². The lowest BCUT2D eigenvalue weighted by Crippen LogP contribution is -2.30. The van der Waals surface area contributed by atoms with Crippen LogP contribution in [0.2, 0.25) is 0 Å². The molecule has 0 aliphatic carbocycles. The fourth-order valence-corrected chi connectivity index (χ4v) is 7.73. The van der Waals surface area contributed by atoms with Crippen molar-refractivity contribution in [3.8, 4) is 0 Å². The van der Waals surface area contributed by atoms with Crippen LogP contribution in [-0.2, 0) is 28.6 Å². The van der Waals surface area contributed by atoms with Crippen LogP contribution in [0.25, 0.3) is 0 Å². The van der Waals surface area contributed by atoms with Crippen LogP contribution in [0.4, 0.5) is 0 Å². The number of hydrogen-bond acceptors (Lipinski definition) is 6. The summed E-state index contributed by atoms with van der Waals surface area (Å²) in [5.74, 6) is 1.62. The number of carbonyl (C=O) groups excluding carboxylic acids is 3. The highest BCUT2D eigenvalue weighted by Gasteiger charge is 2.19. The van der Waals surface area contributed by atoms with Crippen molar-refractivity contribution in [3.05, 3.63) is 0 Å². The van der Waals surface area contributed by atoms with Crippen LogP contribution < -0.4 is 0 Å². The Hall–Kier alpha value is -1.59. The molecule has 0 rings (SSSR count). The molecule has 0 aromatic heterocycles. The van der Waals surface area contributed by atoms with Crippen molar-refractivity contribution in [2.24, 2.45) is 17.8 Å². The second-order valence-corrected chi connectivity index (χ2v) is 19.0. The van der Waals surface area contributed by atoms with Crippen molar-refractivity contribution >= 4 is 17.9 Å². The number of hydrogen-bond donors (Lipinski definition) is 0. The molecule has 0 heterocycles. The van der Waals surface area contributed by atoms with E-state index in [1.165, 1.54) is 161 Å². The van der Waals surface area contributed by atoms with Crippen LogP contribution in [0, 0.1) is 17.8 Å². The predicted molar refractivity (Wildman–Crippen MR) is 247 cm³/mol. The van der Waals surface area contributed by atoms with Crippen LogP contribution in [-0.4, -0.2) is 37.2 Å². The Bertz CT molecular complexity index is 900. The molecule has 0 aromatic carbocycles. The summed E-state index contributed by atoms with van der Waals surface area (Å²) in [6.07, 6.45) is 42.3. The second kappa shape index (κ2) is 43.5. The van der Waals surface area contributed by atoms with Gasteiger partial charge in [-0.2, -0.15) is 0 Å². The maximum Gasteiger partial charge on any atom is 0.306 e. The first-order chi connectivity index (χ1) is 28.1. The van der Waals surface area contributed by atoms with Gasteiger partial charge in [0.1, 0.15) is 13.2 Å². The fourth-order valence-electron chi connectivity index (χ4n) is 7.73. The molecule has 0 aromatic rings. The van der Waals surface area contributed by atoms with Gasteiger partial charge in [-0.05, 0) is 37.0 Å². The van der Waals surface area contributed by atoms with Crippen LogP contribution in [0.5, 0.6) is 0 Å². The van der Waals surface area contributed by atoms with E-state index in [1.807, 2.05) is 0 Å². The molecule has 2 atom stereocenters. The van der Waals surface area contributed by atoms with Gasteiger partial charge < -0.3 is 14.2 Å². The maximum absolute atomic E-state index is 12.7. The zero-order valence-electron chi connectivity index (χ0n) is 39.8. The van der Waals surface area contributed by atoms with E-state index in [-0.39, 0.29) is 31.1 Å². The molecule has 6 nitrogen and oxygen atoms in total.